The van der Waals surface area contributed by atoms with Crippen molar-refractivity contribution in [1.82, 2.24) is 0 Å². The molecule has 0 aliphatic heterocycles. The van der Waals surface area contributed by atoms with Crippen molar-refractivity contribution in [3.8, 4) is 0 Å². The van der Waals surface area contributed by atoms with Gasteiger partial charge in [-0.3, -0.25) is 8.37 Å². The van der Waals surface area contributed by atoms with Crippen molar-refractivity contribution in [3.63, 3.8) is 0 Å². The first-order valence-electron chi connectivity index (χ1n) is 10.6. The molecule has 0 amide bonds. The quantitative estimate of drug-likeness (QED) is 0.547. The van der Waals surface area contributed by atoms with Crippen molar-refractivity contribution >= 4 is 20.2 Å². The van der Waals surface area contributed by atoms with E-state index >= 15 is 0 Å². The Hall–Kier alpha value is -1.74. The smallest absolute Gasteiger partial charge is 0.266 e. The van der Waals surface area contributed by atoms with Crippen LogP contribution in [0.3, 0.4) is 0 Å². The maximum absolute atomic E-state index is 12.6. The number of rotatable bonds is 8. The fraction of sp³-hybridized carbons (Fsp3) is 0.478. The summed E-state index contributed by atoms with van der Waals surface area (Å²) < 4.78 is 61.2. The van der Waals surface area contributed by atoms with Crippen molar-refractivity contribution in [1.29, 1.82) is 0 Å². The molecule has 168 valence electrons. The van der Waals surface area contributed by atoms with Crippen LogP contribution in [-0.4, -0.2) is 30.0 Å². The summed E-state index contributed by atoms with van der Waals surface area (Å²) >= 11 is 0. The minimum atomic E-state index is -3.85. The molecule has 0 saturated heterocycles. The molecule has 31 heavy (non-hydrogen) atoms. The number of fused-ring (bicyclic) bond motifs is 2. The first-order valence-corrected chi connectivity index (χ1v) is 13.4. The number of hydrogen-bond acceptors (Lipinski definition) is 6. The maximum Gasteiger partial charge on any atom is 0.296 e. The topological polar surface area (TPSA) is 86.7 Å². The second-order valence-electron chi connectivity index (χ2n) is 8.76. The lowest BCUT2D eigenvalue weighted by Crippen LogP contribution is -2.31. The molecule has 2 aliphatic carbocycles. The zero-order valence-electron chi connectivity index (χ0n) is 17.7. The minimum absolute atomic E-state index is 0.0350. The van der Waals surface area contributed by atoms with Gasteiger partial charge in [0.05, 0.1) is 23.0 Å². The van der Waals surface area contributed by atoms with Crippen LogP contribution in [0, 0.1) is 37.5 Å². The van der Waals surface area contributed by atoms with E-state index in [9.17, 15) is 16.8 Å². The minimum Gasteiger partial charge on any atom is -0.266 e. The average Bonchev–Trinajstić information content (AvgIpc) is 3.33. The fourth-order valence-corrected chi connectivity index (χ4v) is 6.81. The monoisotopic (exact) mass is 464 g/mol. The van der Waals surface area contributed by atoms with Gasteiger partial charge in [0.25, 0.3) is 20.2 Å². The molecular weight excluding hydrogens is 436 g/mol. The van der Waals surface area contributed by atoms with Gasteiger partial charge in [0.15, 0.2) is 0 Å². The summed E-state index contributed by atoms with van der Waals surface area (Å²) in [6, 6.07) is 13.1. The van der Waals surface area contributed by atoms with Crippen LogP contribution < -0.4 is 0 Å². The molecule has 2 saturated carbocycles. The molecule has 0 radical (unpaired) electrons. The summed E-state index contributed by atoms with van der Waals surface area (Å²) in [4.78, 5) is 0.270. The Bertz CT molecular complexity index is 1030. The number of aryl methyl sites for hydroxylation is 2. The van der Waals surface area contributed by atoms with Crippen LogP contribution in [0.1, 0.15) is 30.4 Å². The molecule has 0 heterocycles. The van der Waals surface area contributed by atoms with Crippen LogP contribution in [-0.2, 0) is 28.6 Å². The van der Waals surface area contributed by atoms with E-state index in [0.29, 0.717) is 11.8 Å². The first kappa shape index (κ1) is 22.5. The largest absolute Gasteiger partial charge is 0.296 e. The van der Waals surface area contributed by atoms with Crippen LogP contribution in [0.2, 0.25) is 0 Å². The van der Waals surface area contributed by atoms with E-state index in [-0.39, 0.29) is 34.8 Å². The molecule has 2 aliphatic rings. The van der Waals surface area contributed by atoms with Gasteiger partial charge in [-0.1, -0.05) is 35.4 Å². The Balaban J connectivity index is 1.43. The van der Waals surface area contributed by atoms with Gasteiger partial charge >= 0.3 is 0 Å². The molecule has 4 rings (SSSR count). The predicted molar refractivity (Wildman–Crippen MR) is 116 cm³/mol. The molecule has 6 nitrogen and oxygen atoms in total. The second kappa shape index (κ2) is 8.65. The highest BCUT2D eigenvalue weighted by Crippen LogP contribution is 2.52. The molecule has 0 unspecified atom stereocenters. The first-order chi connectivity index (χ1) is 14.7. The zero-order chi connectivity index (χ0) is 22.2. The van der Waals surface area contributed by atoms with Crippen molar-refractivity contribution in [2.45, 2.75) is 42.9 Å². The van der Waals surface area contributed by atoms with Crippen LogP contribution in [0.25, 0.3) is 0 Å². The summed E-state index contributed by atoms with van der Waals surface area (Å²) in [7, 11) is -7.71. The Morgan fingerprint density at radius 1 is 0.677 bits per heavy atom. The van der Waals surface area contributed by atoms with Crippen molar-refractivity contribution in [2.75, 3.05) is 13.2 Å². The molecule has 2 aromatic rings. The molecule has 4 atom stereocenters. The van der Waals surface area contributed by atoms with Gasteiger partial charge in [0, 0.05) is 0 Å². The Kier molecular flexibility index (Phi) is 6.27. The molecule has 0 aromatic heterocycles. The van der Waals surface area contributed by atoms with Gasteiger partial charge in [-0.25, -0.2) is 0 Å². The van der Waals surface area contributed by atoms with E-state index in [1.807, 2.05) is 13.8 Å². The summed E-state index contributed by atoms with van der Waals surface area (Å²) in [6.45, 7) is 3.88. The summed E-state index contributed by atoms with van der Waals surface area (Å²) in [5.41, 5.74) is 1.94. The standard InChI is InChI=1S/C23H28O6S2/c1-16-3-9-20(10-4-16)30(24,25)28-14-22-18-7-8-19(13-18)23(22)15-29-31(26,27)21-11-5-17(2)6-12-21/h3-6,9-12,18-19,22-23H,7-8,13-15H2,1-2H3/t18-,19+,22-,23+. The molecular formula is C23H28O6S2. The Labute approximate surface area is 184 Å². The van der Waals surface area contributed by atoms with Gasteiger partial charge in [0.2, 0.25) is 0 Å². The van der Waals surface area contributed by atoms with E-state index < -0.39 is 20.2 Å². The van der Waals surface area contributed by atoms with Crippen LogP contribution >= 0.6 is 0 Å². The SMILES string of the molecule is Cc1ccc(S(=O)(=O)OC[C@@H]2[C@@H]3CC[C@@H](C3)[C@@H]2COS(=O)(=O)c2ccc(C)cc2)cc1. The lowest BCUT2D eigenvalue weighted by Gasteiger charge is -2.30. The highest BCUT2D eigenvalue weighted by atomic mass is 32.2. The molecule has 2 aromatic carbocycles. The molecule has 0 spiro atoms. The van der Waals surface area contributed by atoms with Crippen LogP contribution in [0.5, 0.6) is 0 Å². The molecule has 2 bridgehead atoms. The summed E-state index contributed by atoms with van der Waals surface area (Å²) in [5, 5.41) is 0. The third-order valence-corrected chi connectivity index (χ3v) is 9.32. The van der Waals surface area contributed by atoms with E-state index in [0.717, 1.165) is 30.4 Å². The third-order valence-electron chi connectivity index (χ3n) is 6.73. The van der Waals surface area contributed by atoms with E-state index in [1.54, 1.807) is 48.5 Å². The lowest BCUT2D eigenvalue weighted by molar-refractivity contribution is 0.101. The van der Waals surface area contributed by atoms with Gasteiger partial charge in [0.1, 0.15) is 0 Å². The number of hydrogen-bond donors (Lipinski definition) is 0. The second-order valence-corrected chi connectivity index (χ2v) is 12.0. The summed E-state index contributed by atoms with van der Waals surface area (Å²) in [6.07, 6.45) is 3.01. The average molecular weight is 465 g/mol. The maximum atomic E-state index is 12.6. The molecule has 0 N–H and O–H groups in total. The van der Waals surface area contributed by atoms with E-state index in [2.05, 4.69) is 0 Å². The van der Waals surface area contributed by atoms with E-state index in [1.165, 1.54) is 0 Å². The van der Waals surface area contributed by atoms with Gasteiger partial charge < -0.3 is 0 Å². The van der Waals surface area contributed by atoms with Crippen LogP contribution in [0.4, 0.5) is 0 Å². The predicted octanol–water partition coefficient (Wildman–Crippen LogP) is 4.08. The molecule has 8 heteroatoms. The van der Waals surface area contributed by atoms with Crippen molar-refractivity contribution < 1.29 is 25.2 Å². The summed E-state index contributed by atoms with van der Waals surface area (Å²) in [5.74, 6) is 0.613. The lowest BCUT2D eigenvalue weighted by atomic mass is 9.80. The van der Waals surface area contributed by atoms with Gasteiger partial charge in [-0.2, -0.15) is 16.8 Å². The zero-order valence-corrected chi connectivity index (χ0v) is 19.4. The van der Waals surface area contributed by atoms with Crippen molar-refractivity contribution in [3.05, 3.63) is 59.7 Å². The van der Waals surface area contributed by atoms with E-state index in [4.69, 9.17) is 8.37 Å². The number of benzene rings is 2. The van der Waals surface area contributed by atoms with Crippen LogP contribution in [0.15, 0.2) is 58.3 Å². The van der Waals surface area contributed by atoms with Gasteiger partial charge in [-0.05, 0) is 81.0 Å². The Morgan fingerprint density at radius 3 is 1.39 bits per heavy atom. The Morgan fingerprint density at radius 2 is 1.03 bits per heavy atom. The highest BCUT2D eigenvalue weighted by molar-refractivity contribution is 7.87. The fourth-order valence-electron chi connectivity index (χ4n) is 4.93. The highest BCUT2D eigenvalue weighted by Gasteiger charge is 2.48. The van der Waals surface area contributed by atoms with Crippen molar-refractivity contribution in [2.24, 2.45) is 23.7 Å². The molecule has 2 fully saturated rings. The third kappa shape index (κ3) is 4.87. The van der Waals surface area contributed by atoms with Gasteiger partial charge in [-0.15, -0.1) is 0 Å². The normalized spacial score (nSPS) is 25.7.